The van der Waals surface area contributed by atoms with Crippen molar-refractivity contribution in [3.63, 3.8) is 0 Å². The molecule has 6 nitrogen and oxygen atoms in total. The molecule has 11 rings (SSSR count). The average Bonchev–Trinajstić information content (AvgIpc) is 3.68. The minimum absolute atomic E-state index is 0.103. The fraction of sp³-hybridized carbons (Fsp3) is 0.0244. The van der Waals surface area contributed by atoms with Gasteiger partial charge in [0.1, 0.15) is 11.3 Å². The van der Waals surface area contributed by atoms with Crippen molar-refractivity contribution in [2.45, 2.75) is 6.92 Å². The van der Waals surface area contributed by atoms with Crippen molar-refractivity contribution in [2.75, 3.05) is 0 Å². The number of aromatic nitrogens is 4. The van der Waals surface area contributed by atoms with Gasteiger partial charge in [0.05, 0.1) is 22.1 Å². The van der Waals surface area contributed by atoms with Crippen LogP contribution in [-0.4, -0.2) is 18.8 Å². The van der Waals surface area contributed by atoms with Crippen molar-refractivity contribution in [3.8, 4) is 24.2 Å². The largest absolute Gasteiger partial charge is 0.268 e. The van der Waals surface area contributed by atoms with E-state index in [1.54, 1.807) is 15.7 Å². The molecule has 0 spiro atoms. The highest BCUT2D eigenvalue weighted by Gasteiger charge is 2.24. The lowest BCUT2D eigenvalue weighted by molar-refractivity contribution is 1.19. The molecule has 214 valence electrons. The molecule has 0 aliphatic carbocycles. The Kier molecular flexibility index (Phi) is 4.22. The van der Waals surface area contributed by atoms with Crippen LogP contribution >= 0.6 is 0 Å². The first-order chi connectivity index (χ1) is 23.1. The highest BCUT2D eigenvalue weighted by molar-refractivity contribution is 6.40. The Morgan fingerprint density at radius 3 is 1.40 bits per heavy atom. The van der Waals surface area contributed by atoms with E-state index in [-0.39, 0.29) is 11.1 Å². The van der Waals surface area contributed by atoms with Gasteiger partial charge in [-0.1, -0.05) is 36.1 Å². The van der Waals surface area contributed by atoms with Gasteiger partial charge in [-0.3, -0.25) is 18.4 Å². The van der Waals surface area contributed by atoms with Gasteiger partial charge in [0.15, 0.2) is 0 Å². The topological polar surface area (TPSA) is 68.7 Å². The van der Waals surface area contributed by atoms with Gasteiger partial charge in [-0.2, -0.15) is 0 Å². The monoisotopic (exact) mass is 598 g/mol. The maximum atomic E-state index is 14.2. The van der Waals surface area contributed by atoms with E-state index >= 15 is 0 Å². The van der Waals surface area contributed by atoms with Crippen LogP contribution < -0.4 is 11.1 Å². The minimum Gasteiger partial charge on any atom is -0.268 e. The van der Waals surface area contributed by atoms with Gasteiger partial charge in [-0.05, 0) is 99.9 Å². The smallest absolute Gasteiger partial charge is 0.264 e. The van der Waals surface area contributed by atoms with Crippen LogP contribution in [0.3, 0.4) is 0 Å². The molecule has 0 unspecified atom stereocenters. The maximum absolute atomic E-state index is 14.2. The van der Waals surface area contributed by atoms with Gasteiger partial charge in [-0.15, -0.1) is 12.3 Å². The highest BCUT2D eigenvalue weighted by atomic mass is 16.1. The molecule has 0 bridgehead atoms. The number of rotatable bonds is 0. The summed E-state index contributed by atoms with van der Waals surface area (Å²) in [6.45, 7) is 1.80. The van der Waals surface area contributed by atoms with Gasteiger partial charge in [0.25, 0.3) is 11.1 Å². The van der Waals surface area contributed by atoms with E-state index in [1.165, 1.54) is 0 Å². The summed E-state index contributed by atoms with van der Waals surface area (Å²) in [6.07, 6.45) is 5.69. The summed E-state index contributed by atoms with van der Waals surface area (Å²) >= 11 is 0. The summed E-state index contributed by atoms with van der Waals surface area (Å²) in [6, 6.07) is 27.7. The molecule has 4 heterocycles. The van der Waals surface area contributed by atoms with Crippen LogP contribution in [-0.2, 0) is 0 Å². The van der Waals surface area contributed by atoms with Crippen LogP contribution in [0.1, 0.15) is 18.1 Å². The number of fused-ring (bicyclic) bond motifs is 10. The Balaban J connectivity index is 1.33. The van der Waals surface area contributed by atoms with Gasteiger partial charge >= 0.3 is 0 Å². The normalized spacial score (nSPS) is 12.3. The third kappa shape index (κ3) is 2.77. The SMILES string of the molecule is C#Cc1ccc2nc3c4ccc5c6ccc7c8c(ccc(c9ccc(c(=O)n3c2c1)c4c95)c68)c(=O)n1c2cc(C#CC)ccc2nc71. The van der Waals surface area contributed by atoms with Gasteiger partial charge < -0.3 is 0 Å². The van der Waals surface area contributed by atoms with E-state index in [4.69, 9.17) is 16.4 Å². The quantitative estimate of drug-likeness (QED) is 0.102. The zero-order valence-corrected chi connectivity index (χ0v) is 24.8. The van der Waals surface area contributed by atoms with Crippen molar-refractivity contribution in [1.29, 1.82) is 0 Å². The molecular formula is C41H18N4O2. The Morgan fingerprint density at radius 1 is 0.532 bits per heavy atom. The molecule has 0 N–H and O–H groups in total. The zero-order chi connectivity index (χ0) is 31.3. The fourth-order valence-electron chi connectivity index (χ4n) is 8.09. The van der Waals surface area contributed by atoms with E-state index in [0.29, 0.717) is 33.1 Å². The lowest BCUT2D eigenvalue weighted by atomic mass is 9.86. The molecule has 47 heavy (non-hydrogen) atoms. The number of pyridine rings is 2. The number of nitrogens with zero attached hydrogens (tertiary/aromatic N) is 4. The van der Waals surface area contributed by atoms with E-state index in [9.17, 15) is 9.59 Å². The van der Waals surface area contributed by atoms with Gasteiger partial charge in [0, 0.05) is 43.4 Å². The summed E-state index contributed by atoms with van der Waals surface area (Å²) in [5.41, 5.74) is 5.49. The lowest BCUT2D eigenvalue weighted by Gasteiger charge is -2.18. The number of benzene rings is 7. The molecule has 0 aliphatic rings. The van der Waals surface area contributed by atoms with E-state index in [2.05, 4.69) is 48.1 Å². The molecule has 0 radical (unpaired) electrons. The molecule has 0 saturated heterocycles. The van der Waals surface area contributed by atoms with E-state index < -0.39 is 0 Å². The minimum atomic E-state index is -0.124. The number of terminal acetylenes is 1. The first-order valence-corrected chi connectivity index (χ1v) is 15.3. The second kappa shape index (κ2) is 8.09. The fourth-order valence-corrected chi connectivity index (χ4v) is 8.09. The van der Waals surface area contributed by atoms with Crippen LogP contribution in [0.4, 0.5) is 0 Å². The van der Waals surface area contributed by atoms with Crippen molar-refractivity contribution < 1.29 is 0 Å². The lowest BCUT2D eigenvalue weighted by Crippen LogP contribution is -2.14. The third-order valence-electron chi connectivity index (χ3n) is 10.00. The number of hydrogen-bond acceptors (Lipinski definition) is 4. The van der Waals surface area contributed by atoms with Gasteiger partial charge in [0.2, 0.25) is 0 Å². The van der Waals surface area contributed by atoms with Crippen LogP contribution in [0.2, 0.25) is 0 Å². The molecule has 4 aromatic heterocycles. The summed E-state index contributed by atoms with van der Waals surface area (Å²) in [5, 5.41) is 11.0. The summed E-state index contributed by atoms with van der Waals surface area (Å²) < 4.78 is 3.41. The number of imidazole rings is 2. The first-order valence-electron chi connectivity index (χ1n) is 15.3. The van der Waals surface area contributed by atoms with Crippen molar-refractivity contribution in [2.24, 2.45) is 0 Å². The third-order valence-corrected chi connectivity index (χ3v) is 10.00. The summed E-state index contributed by atoms with van der Waals surface area (Å²) in [5.74, 6) is 8.71. The average molecular weight is 599 g/mol. The van der Waals surface area contributed by atoms with Crippen molar-refractivity contribution in [3.05, 3.63) is 117 Å². The summed E-state index contributed by atoms with van der Waals surface area (Å²) in [7, 11) is 0. The molecule has 0 atom stereocenters. The standard InChI is InChI=1S/C41H18N4O2/c1-3-5-21-7-17-31-33(19-21)45-39(43-31)27-13-9-23-22-8-12-26-36-28(40(46)44-32-18-20(4-2)6-16-30(32)42-38(26)44)14-10-24(34(22)36)25-11-15-29(41(45)47)37(27)35(23)25/h2,6-19H,1H3. The molecule has 0 fully saturated rings. The van der Waals surface area contributed by atoms with Crippen LogP contribution in [0.15, 0.2) is 94.5 Å². The Labute approximate surface area is 264 Å². The first kappa shape index (κ1) is 24.5. The van der Waals surface area contributed by atoms with Crippen molar-refractivity contribution in [1.82, 2.24) is 18.8 Å². The predicted octanol–water partition coefficient (Wildman–Crippen LogP) is 7.59. The van der Waals surface area contributed by atoms with Crippen molar-refractivity contribution >= 4 is 98.0 Å². The Morgan fingerprint density at radius 2 is 0.936 bits per heavy atom. The van der Waals surface area contributed by atoms with E-state index in [0.717, 1.165) is 76.0 Å². The van der Waals surface area contributed by atoms with Crippen LogP contribution in [0.5, 0.6) is 0 Å². The molecular weight excluding hydrogens is 580 g/mol. The Hall–Kier alpha value is -6.76. The predicted molar refractivity (Wildman–Crippen MR) is 191 cm³/mol. The highest BCUT2D eigenvalue weighted by Crippen LogP contribution is 2.45. The molecule has 0 aliphatic heterocycles. The summed E-state index contributed by atoms with van der Waals surface area (Å²) in [4.78, 5) is 38.3. The number of hydrogen-bond donors (Lipinski definition) is 0. The maximum Gasteiger partial charge on any atom is 0.264 e. The molecule has 11 aromatic rings. The molecule has 7 aromatic carbocycles. The van der Waals surface area contributed by atoms with Crippen LogP contribution in [0.25, 0.3) is 98.0 Å². The van der Waals surface area contributed by atoms with Crippen LogP contribution in [0, 0.1) is 24.2 Å². The second-order valence-electron chi connectivity index (χ2n) is 12.2. The second-order valence-corrected chi connectivity index (χ2v) is 12.2. The molecule has 0 amide bonds. The van der Waals surface area contributed by atoms with Gasteiger partial charge in [-0.25, -0.2) is 9.97 Å². The Bertz CT molecular complexity index is 3460. The molecule has 6 heteroatoms. The molecule has 0 saturated carbocycles. The zero-order valence-electron chi connectivity index (χ0n) is 24.8. The van der Waals surface area contributed by atoms with E-state index in [1.807, 2.05) is 54.6 Å².